The van der Waals surface area contributed by atoms with Gasteiger partial charge in [0, 0.05) is 34.0 Å². The van der Waals surface area contributed by atoms with Crippen LogP contribution >= 0.6 is 11.6 Å². The third kappa shape index (κ3) is 4.32. The van der Waals surface area contributed by atoms with Crippen molar-refractivity contribution in [2.45, 2.75) is 11.3 Å². The molecule has 4 rings (SSSR count). The average molecular weight is 471 g/mol. The van der Waals surface area contributed by atoms with Gasteiger partial charge in [-0.1, -0.05) is 35.9 Å². The summed E-state index contributed by atoms with van der Waals surface area (Å²) in [5.74, 6) is -0.0953. The number of ketones is 1. The summed E-state index contributed by atoms with van der Waals surface area (Å²) in [5.41, 5.74) is 4.13. The Hall–Kier alpha value is -3.76. The fraction of sp³-hybridized carbons (Fsp3) is 0.0476. The zero-order valence-electron chi connectivity index (χ0n) is 16.3. The zero-order valence-corrected chi connectivity index (χ0v) is 17.9. The molecule has 0 radical (unpaired) electrons. The predicted octanol–water partition coefficient (Wildman–Crippen LogP) is 4.45. The highest BCUT2D eigenvalue weighted by Crippen LogP contribution is 2.29. The average Bonchev–Trinajstić information content (AvgIpc) is 3.09. The van der Waals surface area contributed by atoms with Crippen molar-refractivity contribution >= 4 is 50.2 Å². The second kappa shape index (κ2) is 8.40. The molecule has 3 aromatic rings. The molecule has 3 aromatic carbocycles. The molecule has 0 fully saturated rings. The number of rotatable bonds is 6. The van der Waals surface area contributed by atoms with E-state index in [0.717, 1.165) is 12.1 Å². The number of hydrogen-bond acceptors (Lipinski definition) is 7. The van der Waals surface area contributed by atoms with Gasteiger partial charge in [0.05, 0.1) is 22.7 Å². The van der Waals surface area contributed by atoms with Crippen LogP contribution in [0, 0.1) is 10.1 Å². The number of benzene rings is 3. The van der Waals surface area contributed by atoms with Gasteiger partial charge < -0.3 is 0 Å². The van der Waals surface area contributed by atoms with Gasteiger partial charge in [-0.05, 0) is 30.3 Å². The fourth-order valence-corrected chi connectivity index (χ4v) is 4.58. The molecule has 32 heavy (non-hydrogen) atoms. The van der Waals surface area contributed by atoms with E-state index in [1.807, 2.05) is 0 Å². The van der Waals surface area contributed by atoms with Crippen molar-refractivity contribution in [3.63, 3.8) is 0 Å². The molecule has 1 aliphatic rings. The molecule has 162 valence electrons. The number of non-ortho nitro benzene ring substituents is 1. The summed E-state index contributed by atoms with van der Waals surface area (Å²) in [4.78, 5) is 22.3. The van der Waals surface area contributed by atoms with Gasteiger partial charge in [0.1, 0.15) is 4.90 Å². The van der Waals surface area contributed by atoms with E-state index in [9.17, 15) is 23.3 Å². The molecule has 0 spiro atoms. The Morgan fingerprint density at radius 2 is 1.69 bits per heavy atom. The molecule has 0 atom stereocenters. The Kier molecular flexibility index (Phi) is 5.64. The number of carbonyl (C=O) groups excluding carboxylic acids is 1. The lowest BCUT2D eigenvalue weighted by molar-refractivity contribution is -0.385. The van der Waals surface area contributed by atoms with E-state index >= 15 is 0 Å². The van der Waals surface area contributed by atoms with Crippen molar-refractivity contribution < 1.29 is 18.1 Å². The number of sulfonamides is 1. The monoisotopic (exact) mass is 470 g/mol. The molecule has 0 aromatic heterocycles. The molecule has 9 nitrogen and oxygen atoms in total. The smallest absolute Gasteiger partial charge is 0.270 e. The summed E-state index contributed by atoms with van der Waals surface area (Å²) in [7, 11) is -4.23. The largest absolute Gasteiger partial charge is 0.294 e. The normalized spacial score (nSPS) is 14.3. The third-order valence-corrected chi connectivity index (χ3v) is 6.41. The summed E-state index contributed by atoms with van der Waals surface area (Å²) in [5, 5.41) is 15.9. The number of nitrogens with one attached hydrogen (secondary N) is 2. The van der Waals surface area contributed by atoms with E-state index in [0.29, 0.717) is 21.9 Å². The highest BCUT2D eigenvalue weighted by atomic mass is 35.5. The number of hydrazone groups is 1. The molecular weight excluding hydrogens is 456 g/mol. The summed E-state index contributed by atoms with van der Waals surface area (Å²) in [6, 6.07) is 16.2. The van der Waals surface area contributed by atoms with E-state index in [4.69, 9.17) is 11.6 Å². The van der Waals surface area contributed by atoms with Crippen LogP contribution in [0.1, 0.15) is 22.3 Å². The van der Waals surface area contributed by atoms with Crippen molar-refractivity contribution in [2.75, 3.05) is 10.1 Å². The number of fused-ring (bicyclic) bond motifs is 1. The standard InChI is InChI=1S/C21H15ClN4O5S/c22-13-5-7-14(8-6-13)25-32(30,31)21-11-15(26(28)29)9-10-18(21)23-24-19-12-20(27)17-4-2-1-3-16(17)19/h1-11,23,25H,12H2/b24-19+. The maximum Gasteiger partial charge on any atom is 0.270 e. The van der Waals surface area contributed by atoms with E-state index in [-0.39, 0.29) is 28.5 Å². The maximum absolute atomic E-state index is 13.0. The Balaban J connectivity index is 1.71. The lowest BCUT2D eigenvalue weighted by Crippen LogP contribution is -2.15. The van der Waals surface area contributed by atoms with Crippen molar-refractivity contribution in [2.24, 2.45) is 5.10 Å². The van der Waals surface area contributed by atoms with Crippen molar-refractivity contribution in [1.29, 1.82) is 0 Å². The highest BCUT2D eigenvalue weighted by molar-refractivity contribution is 7.92. The Morgan fingerprint density at radius 3 is 2.38 bits per heavy atom. The highest BCUT2D eigenvalue weighted by Gasteiger charge is 2.26. The van der Waals surface area contributed by atoms with Gasteiger partial charge in [0.2, 0.25) is 0 Å². The molecule has 0 unspecified atom stereocenters. The molecule has 11 heteroatoms. The molecule has 0 bridgehead atoms. The van der Waals surface area contributed by atoms with Gasteiger partial charge in [0.25, 0.3) is 15.7 Å². The first kappa shape index (κ1) is 21.5. The summed E-state index contributed by atoms with van der Waals surface area (Å²) in [6.07, 6.45) is 0.0600. The van der Waals surface area contributed by atoms with Gasteiger partial charge in [-0.2, -0.15) is 5.10 Å². The number of nitro benzene ring substituents is 1. The third-order valence-electron chi connectivity index (χ3n) is 4.74. The van der Waals surface area contributed by atoms with Crippen LogP contribution < -0.4 is 10.1 Å². The summed E-state index contributed by atoms with van der Waals surface area (Å²) < 4.78 is 28.4. The van der Waals surface area contributed by atoms with Crippen molar-refractivity contribution in [3.8, 4) is 0 Å². The summed E-state index contributed by atoms with van der Waals surface area (Å²) in [6.45, 7) is 0. The number of hydrogen-bond donors (Lipinski definition) is 2. The van der Waals surface area contributed by atoms with E-state index in [2.05, 4.69) is 15.2 Å². The van der Waals surface area contributed by atoms with Crippen LogP contribution in [0.25, 0.3) is 0 Å². The molecule has 0 saturated carbocycles. The molecule has 2 N–H and O–H groups in total. The van der Waals surface area contributed by atoms with Crippen LogP contribution in [0.3, 0.4) is 0 Å². The maximum atomic E-state index is 13.0. The van der Waals surface area contributed by atoms with Gasteiger partial charge in [0.15, 0.2) is 5.78 Å². The van der Waals surface area contributed by atoms with Gasteiger partial charge in [-0.3, -0.25) is 25.1 Å². The first-order valence-corrected chi connectivity index (χ1v) is 11.1. The number of nitro groups is 1. The number of nitrogens with zero attached hydrogens (tertiary/aromatic N) is 2. The van der Waals surface area contributed by atoms with Crippen LogP contribution in [0.5, 0.6) is 0 Å². The fourth-order valence-electron chi connectivity index (χ4n) is 3.22. The quantitative estimate of drug-likeness (QED) is 0.404. The number of halogens is 1. The Morgan fingerprint density at radius 1 is 1.00 bits per heavy atom. The molecular formula is C21H15ClN4O5S. The van der Waals surface area contributed by atoms with Crippen molar-refractivity contribution in [1.82, 2.24) is 0 Å². The topological polar surface area (TPSA) is 131 Å². The van der Waals surface area contributed by atoms with Crippen LogP contribution in [0.4, 0.5) is 17.1 Å². The number of Topliss-reactive ketones (excluding diaryl/α,β-unsaturated/α-hetero) is 1. The number of carbonyl (C=O) groups is 1. The zero-order chi connectivity index (χ0) is 22.9. The minimum Gasteiger partial charge on any atom is -0.294 e. The van der Waals surface area contributed by atoms with Gasteiger partial charge in [-0.25, -0.2) is 8.42 Å². The minimum absolute atomic E-state index is 0.0152. The molecule has 0 amide bonds. The van der Waals surface area contributed by atoms with Crippen LogP contribution in [0.15, 0.2) is 76.7 Å². The van der Waals surface area contributed by atoms with Crippen LogP contribution in [-0.4, -0.2) is 24.8 Å². The molecule has 0 aliphatic heterocycles. The molecule has 1 aliphatic carbocycles. The Bertz CT molecular complexity index is 1370. The number of anilines is 2. The van der Waals surface area contributed by atoms with Crippen LogP contribution in [-0.2, 0) is 10.0 Å². The van der Waals surface area contributed by atoms with E-state index in [1.54, 1.807) is 24.3 Å². The lowest BCUT2D eigenvalue weighted by Gasteiger charge is -2.12. The van der Waals surface area contributed by atoms with Crippen molar-refractivity contribution in [3.05, 3.63) is 93.0 Å². The first-order chi connectivity index (χ1) is 15.2. The lowest BCUT2D eigenvalue weighted by atomic mass is 10.1. The second-order valence-corrected chi connectivity index (χ2v) is 8.95. The minimum atomic E-state index is -4.23. The molecule has 0 heterocycles. The predicted molar refractivity (Wildman–Crippen MR) is 121 cm³/mol. The second-order valence-electron chi connectivity index (χ2n) is 6.87. The van der Waals surface area contributed by atoms with E-state index in [1.165, 1.54) is 30.3 Å². The van der Waals surface area contributed by atoms with E-state index < -0.39 is 20.6 Å². The van der Waals surface area contributed by atoms with Crippen LogP contribution in [0.2, 0.25) is 5.02 Å². The molecule has 0 saturated heterocycles. The SMILES string of the molecule is O=C1C/C(=N\Nc2ccc([N+](=O)[O-])cc2S(=O)(=O)Nc2ccc(Cl)cc2)c2ccccc21. The first-order valence-electron chi connectivity index (χ1n) is 9.26. The summed E-state index contributed by atoms with van der Waals surface area (Å²) >= 11 is 5.83. The van der Waals surface area contributed by atoms with Gasteiger partial charge >= 0.3 is 0 Å². The Labute approximate surface area is 187 Å². The van der Waals surface area contributed by atoms with Gasteiger partial charge in [-0.15, -0.1) is 0 Å².